The van der Waals surface area contributed by atoms with Crippen LogP contribution in [0.15, 0.2) is 30.3 Å². The van der Waals surface area contributed by atoms with Crippen molar-refractivity contribution < 1.29 is 14.6 Å². The topological polar surface area (TPSA) is 59.4 Å². The van der Waals surface area contributed by atoms with Crippen LogP contribution in [0, 0.1) is 12.8 Å². The van der Waals surface area contributed by atoms with E-state index in [1.165, 1.54) is 0 Å². The molecule has 0 saturated carbocycles. The van der Waals surface area contributed by atoms with Crippen molar-refractivity contribution in [1.82, 2.24) is 4.98 Å². The van der Waals surface area contributed by atoms with Crippen LogP contribution in [-0.4, -0.2) is 22.7 Å². The maximum absolute atomic E-state index is 11.4. The number of hydrogen-bond donors (Lipinski definition) is 1. The Labute approximate surface area is 117 Å². The molecule has 0 spiro atoms. The molecule has 2 heterocycles. The lowest BCUT2D eigenvalue weighted by Gasteiger charge is -2.29. The Morgan fingerprint density at radius 1 is 1.35 bits per heavy atom. The normalized spacial score (nSPS) is 22.9. The second-order valence-corrected chi connectivity index (χ2v) is 5.28. The van der Waals surface area contributed by atoms with Crippen LogP contribution in [-0.2, 0) is 9.53 Å². The summed E-state index contributed by atoms with van der Waals surface area (Å²) in [6.45, 7) is 2.58. The fourth-order valence-electron chi connectivity index (χ4n) is 2.79. The van der Waals surface area contributed by atoms with Crippen molar-refractivity contribution in [2.45, 2.75) is 25.9 Å². The Morgan fingerprint density at radius 3 is 3.00 bits per heavy atom. The highest BCUT2D eigenvalue weighted by molar-refractivity contribution is 5.80. The molecule has 0 aliphatic carbocycles. The zero-order chi connectivity index (χ0) is 14.1. The third-order valence-corrected chi connectivity index (χ3v) is 3.82. The second kappa shape index (κ2) is 5.21. The van der Waals surface area contributed by atoms with Gasteiger partial charge in [0.1, 0.15) is 0 Å². The fourth-order valence-corrected chi connectivity index (χ4v) is 2.79. The number of carboxylic acid groups (broad SMARTS) is 1. The van der Waals surface area contributed by atoms with Gasteiger partial charge in [0.25, 0.3) is 0 Å². The van der Waals surface area contributed by atoms with Gasteiger partial charge in [0.05, 0.1) is 17.5 Å². The van der Waals surface area contributed by atoms with Crippen molar-refractivity contribution in [3.8, 4) is 0 Å². The van der Waals surface area contributed by atoms with Crippen molar-refractivity contribution >= 4 is 16.9 Å². The smallest absolute Gasteiger partial charge is 0.309 e. The van der Waals surface area contributed by atoms with Crippen LogP contribution < -0.4 is 0 Å². The van der Waals surface area contributed by atoms with Gasteiger partial charge >= 0.3 is 5.97 Å². The highest BCUT2D eigenvalue weighted by Crippen LogP contribution is 2.34. The SMILES string of the molecule is Cc1ccc2cc(C3OCCCC3C(=O)O)ccc2n1. The van der Waals surface area contributed by atoms with Crippen LogP contribution >= 0.6 is 0 Å². The van der Waals surface area contributed by atoms with Gasteiger partial charge in [0.15, 0.2) is 0 Å². The van der Waals surface area contributed by atoms with Crippen molar-refractivity contribution in [3.63, 3.8) is 0 Å². The first kappa shape index (κ1) is 13.1. The fraction of sp³-hybridized carbons (Fsp3) is 0.375. The molecule has 0 radical (unpaired) electrons. The molecule has 1 aliphatic rings. The molecular weight excluding hydrogens is 254 g/mol. The number of aryl methyl sites for hydroxylation is 1. The Bertz CT molecular complexity index is 653. The molecule has 2 aromatic rings. The van der Waals surface area contributed by atoms with Crippen LogP contribution in [0.3, 0.4) is 0 Å². The monoisotopic (exact) mass is 271 g/mol. The van der Waals surface area contributed by atoms with Crippen molar-refractivity contribution in [2.75, 3.05) is 6.61 Å². The molecule has 1 N–H and O–H groups in total. The van der Waals surface area contributed by atoms with Crippen LogP contribution in [0.4, 0.5) is 0 Å². The first-order valence-corrected chi connectivity index (χ1v) is 6.87. The van der Waals surface area contributed by atoms with Gasteiger partial charge in [0, 0.05) is 17.7 Å². The minimum atomic E-state index is -0.781. The molecule has 1 saturated heterocycles. The summed E-state index contributed by atoms with van der Waals surface area (Å²) in [5.74, 6) is -1.24. The summed E-state index contributed by atoms with van der Waals surface area (Å²) in [5, 5.41) is 10.3. The average molecular weight is 271 g/mol. The molecule has 4 nitrogen and oxygen atoms in total. The molecule has 1 aromatic heterocycles. The highest BCUT2D eigenvalue weighted by atomic mass is 16.5. The average Bonchev–Trinajstić information content (AvgIpc) is 2.46. The summed E-state index contributed by atoms with van der Waals surface area (Å²) in [5.41, 5.74) is 2.83. The number of nitrogens with zero attached hydrogens (tertiary/aromatic N) is 1. The standard InChI is InChI=1S/C16H17NO3/c1-10-4-5-11-9-12(6-7-14(11)17-10)15-13(16(18)19)3-2-8-20-15/h4-7,9,13,15H,2-3,8H2,1H3,(H,18,19). The number of rotatable bonds is 2. The van der Waals surface area contributed by atoms with Gasteiger partial charge in [-0.3, -0.25) is 9.78 Å². The van der Waals surface area contributed by atoms with Gasteiger partial charge in [-0.2, -0.15) is 0 Å². The molecule has 1 fully saturated rings. The summed E-state index contributed by atoms with van der Waals surface area (Å²) in [7, 11) is 0. The first-order valence-electron chi connectivity index (χ1n) is 6.87. The zero-order valence-corrected chi connectivity index (χ0v) is 11.4. The molecule has 4 heteroatoms. The van der Waals surface area contributed by atoms with Gasteiger partial charge in [0.2, 0.25) is 0 Å². The number of benzene rings is 1. The number of pyridine rings is 1. The molecular formula is C16H17NO3. The Morgan fingerprint density at radius 2 is 2.20 bits per heavy atom. The van der Waals surface area contributed by atoms with Crippen molar-refractivity contribution in [3.05, 3.63) is 41.6 Å². The second-order valence-electron chi connectivity index (χ2n) is 5.28. The third-order valence-electron chi connectivity index (χ3n) is 3.82. The van der Waals surface area contributed by atoms with Crippen molar-refractivity contribution in [1.29, 1.82) is 0 Å². The lowest BCUT2D eigenvalue weighted by molar-refractivity contribution is -0.151. The zero-order valence-electron chi connectivity index (χ0n) is 11.4. The number of fused-ring (bicyclic) bond motifs is 1. The Hall–Kier alpha value is -1.94. The van der Waals surface area contributed by atoms with Gasteiger partial charge < -0.3 is 9.84 Å². The summed E-state index contributed by atoms with van der Waals surface area (Å²) < 4.78 is 5.71. The van der Waals surface area contributed by atoms with Crippen molar-refractivity contribution in [2.24, 2.45) is 5.92 Å². The van der Waals surface area contributed by atoms with Crippen LogP contribution in [0.25, 0.3) is 10.9 Å². The van der Waals surface area contributed by atoms with Gasteiger partial charge in [-0.05, 0) is 43.5 Å². The van der Waals surface area contributed by atoms with E-state index in [9.17, 15) is 9.90 Å². The maximum atomic E-state index is 11.4. The molecule has 1 aliphatic heterocycles. The van der Waals surface area contributed by atoms with Gasteiger partial charge in [-0.1, -0.05) is 12.1 Å². The lowest BCUT2D eigenvalue weighted by Crippen LogP contribution is -2.28. The van der Waals surface area contributed by atoms with E-state index in [1.54, 1.807) is 0 Å². The number of aromatic nitrogens is 1. The molecule has 1 aromatic carbocycles. The maximum Gasteiger partial charge on any atom is 0.309 e. The quantitative estimate of drug-likeness (QED) is 0.911. The van der Waals surface area contributed by atoms with E-state index in [4.69, 9.17) is 4.74 Å². The van der Waals surface area contributed by atoms with Gasteiger partial charge in [-0.15, -0.1) is 0 Å². The van der Waals surface area contributed by atoms with E-state index in [1.807, 2.05) is 37.3 Å². The highest BCUT2D eigenvalue weighted by Gasteiger charge is 2.33. The molecule has 0 bridgehead atoms. The molecule has 3 rings (SSSR count). The molecule has 2 atom stereocenters. The van der Waals surface area contributed by atoms with E-state index in [-0.39, 0.29) is 6.10 Å². The Kier molecular flexibility index (Phi) is 3.40. The first-order chi connectivity index (χ1) is 9.65. The summed E-state index contributed by atoms with van der Waals surface area (Å²) in [6.07, 6.45) is 1.12. The molecule has 2 unspecified atom stereocenters. The predicted octanol–water partition coefficient (Wildman–Crippen LogP) is 3.10. The largest absolute Gasteiger partial charge is 0.481 e. The lowest BCUT2D eigenvalue weighted by atomic mass is 9.89. The van der Waals surface area contributed by atoms with E-state index < -0.39 is 11.9 Å². The van der Waals surface area contributed by atoms with E-state index >= 15 is 0 Å². The number of ether oxygens (including phenoxy) is 1. The van der Waals surface area contributed by atoms with E-state index in [0.29, 0.717) is 13.0 Å². The van der Waals surface area contributed by atoms with E-state index in [2.05, 4.69) is 4.98 Å². The molecule has 104 valence electrons. The molecule has 20 heavy (non-hydrogen) atoms. The number of carboxylic acids is 1. The number of hydrogen-bond acceptors (Lipinski definition) is 3. The minimum Gasteiger partial charge on any atom is -0.481 e. The summed E-state index contributed by atoms with van der Waals surface area (Å²) >= 11 is 0. The third kappa shape index (κ3) is 2.39. The van der Waals surface area contributed by atoms with Gasteiger partial charge in [-0.25, -0.2) is 0 Å². The number of carbonyl (C=O) groups is 1. The summed E-state index contributed by atoms with van der Waals surface area (Å²) in [6, 6.07) is 9.84. The Balaban J connectivity index is 2.00. The molecule has 0 amide bonds. The van der Waals surface area contributed by atoms with Crippen LogP contribution in [0.1, 0.15) is 30.2 Å². The summed E-state index contributed by atoms with van der Waals surface area (Å²) in [4.78, 5) is 15.8. The van der Waals surface area contributed by atoms with Crippen LogP contribution in [0.2, 0.25) is 0 Å². The number of aliphatic carboxylic acids is 1. The van der Waals surface area contributed by atoms with Crippen LogP contribution in [0.5, 0.6) is 0 Å². The van der Waals surface area contributed by atoms with E-state index in [0.717, 1.165) is 28.6 Å². The predicted molar refractivity (Wildman–Crippen MR) is 75.5 cm³/mol. The minimum absolute atomic E-state index is 0.355.